The van der Waals surface area contributed by atoms with Crippen LogP contribution in [0.1, 0.15) is 194 Å². The van der Waals surface area contributed by atoms with Crippen LogP contribution in [0.4, 0.5) is 13.2 Å². The molecule has 101 heavy (non-hydrogen) atoms. The molecule has 10 atom stereocenters. The van der Waals surface area contributed by atoms with Crippen molar-refractivity contribution in [2.75, 3.05) is 75.0 Å². The third-order valence-corrected chi connectivity index (χ3v) is 22.6. The summed E-state index contributed by atoms with van der Waals surface area (Å²) in [7, 11) is 8.64. The molecular formula is C73H112ClF3N12O12. The third kappa shape index (κ3) is 19.6. The summed E-state index contributed by atoms with van der Waals surface area (Å²) in [6.45, 7) is 12.9. The predicted octanol–water partition coefficient (Wildman–Crippen LogP) is 6.42. The first kappa shape index (κ1) is 81.2. The summed E-state index contributed by atoms with van der Waals surface area (Å²) in [5.41, 5.74) is -2.35. The van der Waals surface area contributed by atoms with Gasteiger partial charge in [0.2, 0.25) is 70.9 Å². The number of carbonyl (C=O) groups is 12. The lowest BCUT2D eigenvalue weighted by Gasteiger charge is -2.45. The topological polar surface area (TPSA) is 270 Å². The highest BCUT2D eigenvalue weighted by Crippen LogP contribution is 2.38. The van der Waals surface area contributed by atoms with Gasteiger partial charge in [0.25, 0.3) is 0 Å². The summed E-state index contributed by atoms with van der Waals surface area (Å²) in [5, 5.41) is 8.19. The molecule has 3 N–H and O–H groups in total. The Morgan fingerprint density at radius 1 is 0.614 bits per heavy atom. The second kappa shape index (κ2) is 35.4. The van der Waals surface area contributed by atoms with Gasteiger partial charge < -0.3 is 60.0 Å². The molecule has 0 unspecified atom stereocenters. The highest BCUT2D eigenvalue weighted by atomic mass is 35.5. The highest BCUT2D eigenvalue weighted by molar-refractivity contribution is 6.31. The van der Waals surface area contributed by atoms with E-state index in [-0.39, 0.29) is 88.6 Å². The highest BCUT2D eigenvalue weighted by Gasteiger charge is 2.51. The van der Waals surface area contributed by atoms with Crippen LogP contribution in [-0.4, -0.2) is 250 Å². The smallest absolute Gasteiger partial charge is 0.343 e. The van der Waals surface area contributed by atoms with Crippen molar-refractivity contribution in [2.24, 2.45) is 23.7 Å². The molecule has 1 aromatic rings. The molecule has 4 heterocycles. The number of nitrogens with zero attached hydrogens (tertiary/aromatic N) is 9. The molecule has 4 aliphatic heterocycles. The quantitative estimate of drug-likeness (QED) is 0.205. The average Bonchev–Trinajstić information content (AvgIpc) is 1.77. The summed E-state index contributed by atoms with van der Waals surface area (Å²) >= 11 is 6.16. The SMILES string of the molecule is CC[C@H](C)[C@@H]1NC(=O)[C@H](CC(C)C)N(C)C(=O)C[C@@H](C(=O)N2CCCCC2)N(C)C(=O)[C@H](CC(C)C)N(C)C(=O)C2(CCCC2)NC(=O)[C@@H]2CCCN2C(=O)[C@H](CCc2ccc(C(F)(F)F)c(Cl)c2)NC(=O)CN(C)C(=O)[C@H](CC2CCCCC2)N(C)C(=O)[C@@H]2CCN2C(=O)[C@H](C)N(C)C1=O. The number of hydrogen-bond donors (Lipinski definition) is 3. The van der Waals surface area contributed by atoms with Gasteiger partial charge in [0.15, 0.2) is 0 Å². The largest absolute Gasteiger partial charge is 0.417 e. The van der Waals surface area contributed by atoms with Crippen LogP contribution in [0.15, 0.2) is 18.2 Å². The van der Waals surface area contributed by atoms with Crippen molar-refractivity contribution in [1.82, 2.24) is 60.0 Å². The van der Waals surface area contributed by atoms with Crippen LogP contribution in [0, 0.1) is 23.7 Å². The number of amides is 12. The first-order valence-corrected chi connectivity index (χ1v) is 37.2. The van der Waals surface area contributed by atoms with E-state index in [0.29, 0.717) is 57.2 Å². The van der Waals surface area contributed by atoms with Crippen LogP contribution in [0.2, 0.25) is 5.02 Å². The monoisotopic (exact) mass is 1440 g/mol. The second-order valence-corrected chi connectivity index (χ2v) is 30.8. The van der Waals surface area contributed by atoms with Gasteiger partial charge in [-0.3, -0.25) is 57.5 Å². The van der Waals surface area contributed by atoms with Crippen molar-refractivity contribution in [3.05, 3.63) is 34.3 Å². The Hall–Kier alpha value is -7.06. The van der Waals surface area contributed by atoms with Gasteiger partial charge in [-0.15, -0.1) is 0 Å². The molecule has 2 saturated carbocycles. The van der Waals surface area contributed by atoms with Gasteiger partial charge in [-0.2, -0.15) is 13.2 Å². The number of likely N-dealkylation sites (N-methyl/N-ethyl adjacent to an activating group) is 6. The molecule has 0 radical (unpaired) electrons. The number of piperidine rings is 1. The number of fused-ring (bicyclic) bond motifs is 2. The lowest BCUT2D eigenvalue weighted by molar-refractivity contribution is -0.160. The van der Waals surface area contributed by atoms with Crippen molar-refractivity contribution in [3.8, 4) is 0 Å². The van der Waals surface area contributed by atoms with Crippen molar-refractivity contribution < 1.29 is 70.7 Å². The lowest BCUT2D eigenvalue weighted by Crippen LogP contribution is -2.65. The van der Waals surface area contributed by atoms with Crippen molar-refractivity contribution >= 4 is 82.5 Å². The van der Waals surface area contributed by atoms with E-state index in [1.807, 2.05) is 34.6 Å². The molecule has 1 spiro atoms. The molecule has 12 amide bonds. The van der Waals surface area contributed by atoms with Crippen LogP contribution in [0.3, 0.4) is 0 Å². The molecule has 2 aliphatic carbocycles. The fraction of sp³-hybridized carbons (Fsp3) is 0.753. The molecular weight excluding hydrogens is 1330 g/mol. The summed E-state index contributed by atoms with van der Waals surface area (Å²) in [6, 6.07) is -7.81. The van der Waals surface area contributed by atoms with Gasteiger partial charge in [-0.1, -0.05) is 111 Å². The molecule has 1 aromatic carbocycles. The van der Waals surface area contributed by atoms with Gasteiger partial charge in [0.1, 0.15) is 59.9 Å². The van der Waals surface area contributed by atoms with Crippen molar-refractivity contribution in [2.45, 2.75) is 256 Å². The van der Waals surface area contributed by atoms with E-state index < -0.39 is 166 Å². The Kier molecular flexibility index (Phi) is 28.5. The fourth-order valence-corrected chi connectivity index (χ4v) is 15.8. The van der Waals surface area contributed by atoms with E-state index in [1.165, 1.54) is 89.6 Å². The van der Waals surface area contributed by atoms with E-state index in [1.54, 1.807) is 11.8 Å². The number of hydrogen-bond acceptors (Lipinski definition) is 12. The Morgan fingerprint density at radius 3 is 1.81 bits per heavy atom. The molecule has 6 aliphatic rings. The third-order valence-electron chi connectivity index (χ3n) is 22.3. The van der Waals surface area contributed by atoms with Gasteiger partial charge in [0.05, 0.1) is 23.6 Å². The molecule has 28 heteroatoms. The average molecular weight is 1440 g/mol. The van der Waals surface area contributed by atoms with E-state index in [2.05, 4.69) is 16.0 Å². The number of rotatable bonds is 12. The number of benzene rings is 1. The Bertz CT molecular complexity index is 3170. The first-order valence-electron chi connectivity index (χ1n) is 36.8. The van der Waals surface area contributed by atoms with Gasteiger partial charge >= 0.3 is 6.18 Å². The zero-order valence-electron chi connectivity index (χ0n) is 61.8. The lowest BCUT2D eigenvalue weighted by atomic mass is 9.84. The number of aryl methyl sites for hydroxylation is 1. The fourth-order valence-electron chi connectivity index (χ4n) is 15.5. The molecule has 7 rings (SSSR count). The number of likely N-dealkylation sites (tertiary alicyclic amines) is 1. The van der Waals surface area contributed by atoms with Crippen LogP contribution >= 0.6 is 11.6 Å². The normalized spacial score (nSPS) is 27.7. The minimum atomic E-state index is -4.76. The van der Waals surface area contributed by atoms with Crippen LogP contribution < -0.4 is 16.0 Å². The number of carbonyl (C=O) groups excluding carboxylic acids is 12. The maximum Gasteiger partial charge on any atom is 0.417 e. The Balaban J connectivity index is 1.29. The number of nitrogens with one attached hydrogen (secondary N) is 3. The number of halogens is 4. The van der Waals surface area contributed by atoms with Crippen molar-refractivity contribution in [1.29, 1.82) is 0 Å². The van der Waals surface area contributed by atoms with E-state index in [4.69, 9.17) is 11.6 Å². The zero-order valence-corrected chi connectivity index (χ0v) is 62.5. The maximum atomic E-state index is 15.5. The maximum absolute atomic E-state index is 15.5. The van der Waals surface area contributed by atoms with E-state index in [0.717, 1.165) is 55.6 Å². The van der Waals surface area contributed by atoms with Gasteiger partial charge in [-0.25, -0.2) is 0 Å². The molecule has 6 fully saturated rings. The summed E-state index contributed by atoms with van der Waals surface area (Å²) < 4.78 is 41.7. The molecule has 0 bridgehead atoms. The van der Waals surface area contributed by atoms with Gasteiger partial charge in [0, 0.05) is 68.5 Å². The molecule has 24 nitrogen and oxygen atoms in total. The predicted molar refractivity (Wildman–Crippen MR) is 374 cm³/mol. The van der Waals surface area contributed by atoms with Crippen LogP contribution in [0.5, 0.6) is 0 Å². The summed E-state index contributed by atoms with van der Waals surface area (Å²) in [4.78, 5) is 192. The van der Waals surface area contributed by atoms with Crippen LogP contribution in [0.25, 0.3) is 0 Å². The molecule has 564 valence electrons. The number of alkyl halides is 3. The molecule has 4 saturated heterocycles. The van der Waals surface area contributed by atoms with Crippen molar-refractivity contribution in [3.63, 3.8) is 0 Å². The summed E-state index contributed by atoms with van der Waals surface area (Å²) in [6.07, 6.45) is 3.89. The summed E-state index contributed by atoms with van der Waals surface area (Å²) in [5.74, 6) is -8.45. The standard InChI is InChI=1S/C73H112ClF3N12O12/c1-14-46(6)61-70(100)82(9)47(7)64(94)89-37-31-54(89)67(97)84(11)57(41-48-24-17-15-18-25-48)66(96)81(8)43-59(90)78-52(30-28-49-27-29-50(51(74)40-49)73(75,76)77)65(95)88-36-23-26-53(88)63(93)80-72(32-19-20-33-72)71(101)86(13)56(39-45(4)5)68(98)85(12)58(69(99)87-34-21-16-22-35-87)42-60(91)83(10)55(38-44(2)3)62(92)79-61/h27,29,40,44-48,52-58,61H,14-26,28,30-39,41-43H2,1-13H3,(H,78,90)(H,79,92)(H,80,93)/t46-,47-,52-,53-,54-,55-,56-,57-,58-,61-/m0/s1. The Morgan fingerprint density at radius 2 is 1.23 bits per heavy atom. The van der Waals surface area contributed by atoms with Crippen LogP contribution in [-0.2, 0) is 70.1 Å². The first-order chi connectivity index (χ1) is 47.5. The zero-order chi connectivity index (χ0) is 74.7. The van der Waals surface area contributed by atoms with E-state index in [9.17, 15) is 41.9 Å². The minimum absolute atomic E-state index is 0.0227. The van der Waals surface area contributed by atoms with E-state index >= 15 is 28.8 Å². The van der Waals surface area contributed by atoms with Gasteiger partial charge in [-0.05, 0) is 132 Å². The second-order valence-electron chi connectivity index (χ2n) is 30.4. The minimum Gasteiger partial charge on any atom is -0.343 e. The Labute approximate surface area is 599 Å². The molecule has 0 aromatic heterocycles.